The predicted molar refractivity (Wildman–Crippen MR) is 119 cm³/mol. The number of benzene rings is 2. The summed E-state index contributed by atoms with van der Waals surface area (Å²) >= 11 is 0. The fraction of sp³-hybridized carbons (Fsp3) is 0.375. The SMILES string of the molecule is O=C(N1CCN(c2ccc3c(=O)n(CCO)cnc3c2)CC1)C1(c2ccccc2)CC1. The Morgan fingerprint density at radius 1 is 1.03 bits per heavy atom. The van der Waals surface area contributed by atoms with E-state index in [-0.39, 0.29) is 30.0 Å². The lowest BCUT2D eigenvalue weighted by Crippen LogP contribution is -2.51. The maximum Gasteiger partial charge on any atom is 0.261 e. The predicted octanol–water partition coefficient (Wildman–Crippen LogP) is 1.77. The molecule has 0 radical (unpaired) electrons. The summed E-state index contributed by atoms with van der Waals surface area (Å²) in [5, 5.41) is 9.64. The molecule has 0 atom stereocenters. The van der Waals surface area contributed by atoms with Crippen LogP contribution in [0.1, 0.15) is 18.4 Å². The average molecular weight is 418 g/mol. The Bertz CT molecular complexity index is 1160. The van der Waals surface area contributed by atoms with E-state index >= 15 is 0 Å². The van der Waals surface area contributed by atoms with E-state index in [0.717, 1.165) is 37.2 Å². The highest BCUT2D eigenvalue weighted by atomic mass is 16.3. The lowest BCUT2D eigenvalue weighted by Gasteiger charge is -2.38. The van der Waals surface area contributed by atoms with Gasteiger partial charge in [0, 0.05) is 31.9 Å². The number of aliphatic hydroxyl groups excluding tert-OH is 1. The number of carbonyl (C=O) groups excluding carboxylic acids is 1. The fourth-order valence-corrected chi connectivity index (χ4v) is 4.59. The first-order chi connectivity index (χ1) is 15.1. The summed E-state index contributed by atoms with van der Waals surface area (Å²) in [7, 11) is 0. The quantitative estimate of drug-likeness (QED) is 0.683. The molecule has 1 amide bonds. The summed E-state index contributed by atoms with van der Waals surface area (Å²) in [4.78, 5) is 34.4. The van der Waals surface area contributed by atoms with Gasteiger partial charge in [-0.1, -0.05) is 30.3 Å². The zero-order chi connectivity index (χ0) is 21.4. The van der Waals surface area contributed by atoms with Crippen molar-refractivity contribution in [3.63, 3.8) is 0 Å². The number of nitrogens with zero attached hydrogens (tertiary/aromatic N) is 4. The van der Waals surface area contributed by atoms with Gasteiger partial charge in [0.15, 0.2) is 0 Å². The molecule has 1 aliphatic heterocycles. The molecular formula is C24H26N4O3. The van der Waals surface area contributed by atoms with Crippen LogP contribution in [0.5, 0.6) is 0 Å². The number of aliphatic hydroxyl groups is 1. The first kappa shape index (κ1) is 19.8. The molecule has 2 aliphatic rings. The van der Waals surface area contributed by atoms with E-state index < -0.39 is 0 Å². The molecule has 31 heavy (non-hydrogen) atoms. The number of piperazine rings is 1. The van der Waals surface area contributed by atoms with Gasteiger partial charge in [-0.2, -0.15) is 0 Å². The maximum atomic E-state index is 13.3. The number of hydrogen-bond acceptors (Lipinski definition) is 5. The fourth-order valence-electron chi connectivity index (χ4n) is 4.59. The van der Waals surface area contributed by atoms with Crippen molar-refractivity contribution in [1.29, 1.82) is 0 Å². The van der Waals surface area contributed by atoms with Crippen LogP contribution in [0.3, 0.4) is 0 Å². The number of aromatic nitrogens is 2. The molecule has 5 rings (SSSR count). The van der Waals surface area contributed by atoms with Crippen molar-refractivity contribution in [3.05, 3.63) is 70.8 Å². The van der Waals surface area contributed by atoms with Crippen LogP contribution in [0.2, 0.25) is 0 Å². The van der Waals surface area contributed by atoms with Crippen LogP contribution >= 0.6 is 0 Å². The Labute approximate surface area is 180 Å². The summed E-state index contributed by atoms with van der Waals surface area (Å²) < 4.78 is 1.42. The summed E-state index contributed by atoms with van der Waals surface area (Å²) in [5.74, 6) is 0.253. The molecule has 2 aromatic carbocycles. The highest BCUT2D eigenvalue weighted by Crippen LogP contribution is 2.49. The maximum absolute atomic E-state index is 13.3. The van der Waals surface area contributed by atoms with Gasteiger partial charge in [-0.25, -0.2) is 4.98 Å². The number of rotatable bonds is 5. The molecule has 1 N–H and O–H groups in total. The number of fused-ring (bicyclic) bond motifs is 1. The molecule has 0 bridgehead atoms. The zero-order valence-corrected chi connectivity index (χ0v) is 17.4. The van der Waals surface area contributed by atoms with E-state index in [4.69, 9.17) is 5.11 Å². The van der Waals surface area contributed by atoms with Crippen LogP contribution in [-0.4, -0.2) is 58.3 Å². The number of amides is 1. The summed E-state index contributed by atoms with van der Waals surface area (Å²) in [6.45, 7) is 3.03. The first-order valence-corrected chi connectivity index (χ1v) is 10.8. The molecule has 1 saturated carbocycles. The standard InChI is InChI=1S/C24H26N4O3/c29-15-14-28-17-25-21-16-19(6-7-20(21)22(28)30)26-10-12-27(13-11-26)23(31)24(8-9-24)18-4-2-1-3-5-18/h1-7,16-17,29H,8-15H2. The third-order valence-electron chi connectivity index (χ3n) is 6.57. The largest absolute Gasteiger partial charge is 0.395 e. The van der Waals surface area contributed by atoms with Gasteiger partial charge in [-0.3, -0.25) is 14.2 Å². The van der Waals surface area contributed by atoms with Crippen molar-refractivity contribution in [2.45, 2.75) is 24.8 Å². The average Bonchev–Trinajstić information content (AvgIpc) is 3.63. The van der Waals surface area contributed by atoms with Crippen molar-refractivity contribution in [2.75, 3.05) is 37.7 Å². The molecule has 160 valence electrons. The third kappa shape index (κ3) is 3.49. The number of carbonyl (C=O) groups is 1. The second kappa shape index (κ2) is 7.81. The second-order valence-electron chi connectivity index (χ2n) is 8.40. The molecule has 1 aliphatic carbocycles. The molecule has 0 unspecified atom stereocenters. The number of anilines is 1. The molecule has 2 heterocycles. The first-order valence-electron chi connectivity index (χ1n) is 10.8. The van der Waals surface area contributed by atoms with Crippen LogP contribution in [0, 0.1) is 0 Å². The van der Waals surface area contributed by atoms with Crippen LogP contribution in [-0.2, 0) is 16.8 Å². The third-order valence-corrected chi connectivity index (χ3v) is 6.57. The van der Waals surface area contributed by atoms with E-state index in [1.54, 1.807) is 6.07 Å². The Hall–Kier alpha value is -3.19. The topological polar surface area (TPSA) is 78.7 Å². The Kier molecular flexibility index (Phi) is 4.98. The van der Waals surface area contributed by atoms with Gasteiger partial charge in [-0.15, -0.1) is 0 Å². The van der Waals surface area contributed by atoms with Gasteiger partial charge < -0.3 is 14.9 Å². The van der Waals surface area contributed by atoms with Crippen molar-refractivity contribution < 1.29 is 9.90 Å². The van der Waals surface area contributed by atoms with Gasteiger partial charge in [0.25, 0.3) is 5.56 Å². The Morgan fingerprint density at radius 2 is 1.77 bits per heavy atom. The minimum Gasteiger partial charge on any atom is -0.395 e. The zero-order valence-electron chi connectivity index (χ0n) is 17.4. The molecule has 0 spiro atoms. The van der Waals surface area contributed by atoms with Gasteiger partial charge >= 0.3 is 0 Å². The monoisotopic (exact) mass is 418 g/mol. The Balaban J connectivity index is 1.29. The highest BCUT2D eigenvalue weighted by Gasteiger charge is 2.53. The molecule has 1 saturated heterocycles. The highest BCUT2D eigenvalue weighted by molar-refractivity contribution is 5.91. The summed E-state index contributed by atoms with van der Waals surface area (Å²) in [6.07, 6.45) is 3.35. The summed E-state index contributed by atoms with van der Waals surface area (Å²) in [6, 6.07) is 15.8. The molecule has 2 fully saturated rings. The lowest BCUT2D eigenvalue weighted by atomic mass is 9.94. The van der Waals surface area contributed by atoms with E-state index in [1.165, 1.54) is 10.9 Å². The molecule has 7 nitrogen and oxygen atoms in total. The van der Waals surface area contributed by atoms with Gasteiger partial charge in [0.1, 0.15) is 0 Å². The Morgan fingerprint density at radius 3 is 2.45 bits per heavy atom. The molecule has 1 aromatic heterocycles. The van der Waals surface area contributed by atoms with E-state index in [0.29, 0.717) is 24.0 Å². The molecule has 7 heteroatoms. The smallest absolute Gasteiger partial charge is 0.261 e. The van der Waals surface area contributed by atoms with Crippen LogP contribution in [0.4, 0.5) is 5.69 Å². The van der Waals surface area contributed by atoms with Crippen molar-refractivity contribution in [1.82, 2.24) is 14.5 Å². The van der Waals surface area contributed by atoms with Gasteiger partial charge in [-0.05, 0) is 36.6 Å². The summed E-state index contributed by atoms with van der Waals surface area (Å²) in [5.41, 5.74) is 2.34. The van der Waals surface area contributed by atoms with Crippen LogP contribution in [0.25, 0.3) is 10.9 Å². The van der Waals surface area contributed by atoms with Gasteiger partial charge in [0.2, 0.25) is 5.91 Å². The lowest BCUT2D eigenvalue weighted by molar-refractivity contribution is -0.134. The molecule has 3 aromatic rings. The minimum atomic E-state index is -0.315. The van der Waals surface area contributed by atoms with Crippen LogP contribution in [0.15, 0.2) is 59.7 Å². The normalized spacial score (nSPS) is 17.7. The van der Waals surface area contributed by atoms with Crippen LogP contribution < -0.4 is 10.5 Å². The van der Waals surface area contributed by atoms with Crippen molar-refractivity contribution in [2.24, 2.45) is 0 Å². The second-order valence-corrected chi connectivity index (χ2v) is 8.40. The van der Waals surface area contributed by atoms with Crippen molar-refractivity contribution >= 4 is 22.5 Å². The van der Waals surface area contributed by atoms with E-state index in [1.807, 2.05) is 35.2 Å². The van der Waals surface area contributed by atoms with Crippen molar-refractivity contribution in [3.8, 4) is 0 Å². The van der Waals surface area contributed by atoms with Gasteiger partial charge in [0.05, 0.1) is 35.8 Å². The minimum absolute atomic E-state index is 0.0975. The van der Waals surface area contributed by atoms with E-state index in [9.17, 15) is 9.59 Å². The molecular weight excluding hydrogens is 392 g/mol. The number of hydrogen-bond donors (Lipinski definition) is 1. The van der Waals surface area contributed by atoms with E-state index in [2.05, 4.69) is 22.0 Å².